The predicted octanol–water partition coefficient (Wildman–Crippen LogP) is 2.88. The van der Waals surface area contributed by atoms with Crippen molar-refractivity contribution in [3.05, 3.63) is 71.3 Å². The molecule has 0 saturated heterocycles. The molecule has 0 radical (unpaired) electrons. The van der Waals surface area contributed by atoms with Crippen LogP contribution < -0.4 is 10.1 Å². The van der Waals surface area contributed by atoms with Gasteiger partial charge in [0.15, 0.2) is 0 Å². The van der Waals surface area contributed by atoms with Crippen molar-refractivity contribution in [1.29, 1.82) is 0 Å². The van der Waals surface area contributed by atoms with Crippen molar-refractivity contribution >= 4 is 12.0 Å². The normalized spacial score (nSPS) is 14.4. The minimum atomic E-state index is -0.0766. The molecule has 2 aromatic rings. The van der Waals surface area contributed by atoms with Crippen LogP contribution >= 0.6 is 0 Å². The van der Waals surface area contributed by atoms with Gasteiger partial charge in [0, 0.05) is 12.1 Å². The standard InChI is InChI=1S/C20H22N2O2/c1-22(2)18(15-8-4-3-5-9-15)13-21-20(23)17-12-16-10-6-7-11-19(16)24-14-17/h3-12,18H,13-14H2,1-2H3,(H,21,23). The number of carbonyl (C=O) groups excluding carboxylic acids is 1. The zero-order valence-electron chi connectivity index (χ0n) is 14.0. The van der Waals surface area contributed by atoms with Crippen molar-refractivity contribution in [2.45, 2.75) is 6.04 Å². The van der Waals surface area contributed by atoms with Gasteiger partial charge in [-0.1, -0.05) is 48.5 Å². The Balaban J connectivity index is 1.68. The lowest BCUT2D eigenvalue weighted by Gasteiger charge is -2.25. The smallest absolute Gasteiger partial charge is 0.250 e. The summed E-state index contributed by atoms with van der Waals surface area (Å²) >= 11 is 0. The van der Waals surface area contributed by atoms with E-state index in [1.54, 1.807) is 0 Å². The third-order valence-corrected chi connectivity index (χ3v) is 4.19. The predicted molar refractivity (Wildman–Crippen MR) is 95.8 cm³/mol. The fourth-order valence-corrected chi connectivity index (χ4v) is 2.82. The van der Waals surface area contributed by atoms with Gasteiger partial charge in [0.1, 0.15) is 12.4 Å². The van der Waals surface area contributed by atoms with Crippen molar-refractivity contribution in [3.8, 4) is 5.75 Å². The van der Waals surface area contributed by atoms with Gasteiger partial charge >= 0.3 is 0 Å². The molecule has 1 heterocycles. The van der Waals surface area contributed by atoms with Gasteiger partial charge < -0.3 is 15.0 Å². The lowest BCUT2D eigenvalue weighted by Crippen LogP contribution is -2.36. The molecule has 0 spiro atoms. The molecule has 0 saturated carbocycles. The Morgan fingerprint density at radius 2 is 1.83 bits per heavy atom. The summed E-state index contributed by atoms with van der Waals surface area (Å²) in [5, 5.41) is 3.03. The van der Waals surface area contributed by atoms with Gasteiger partial charge in [0.25, 0.3) is 5.91 Å². The maximum atomic E-state index is 12.5. The Hall–Kier alpha value is -2.59. The van der Waals surface area contributed by atoms with E-state index < -0.39 is 0 Å². The summed E-state index contributed by atoms with van der Waals surface area (Å²) in [6.45, 7) is 0.857. The van der Waals surface area contributed by atoms with Gasteiger partial charge in [-0.25, -0.2) is 0 Å². The maximum absolute atomic E-state index is 12.5. The Morgan fingerprint density at radius 1 is 1.12 bits per heavy atom. The Labute approximate surface area is 142 Å². The van der Waals surface area contributed by atoms with E-state index in [1.807, 2.05) is 62.6 Å². The van der Waals surface area contributed by atoms with Crippen LogP contribution in [0.3, 0.4) is 0 Å². The van der Waals surface area contributed by atoms with Gasteiger partial charge in [-0.15, -0.1) is 0 Å². The number of fused-ring (bicyclic) bond motifs is 1. The van der Waals surface area contributed by atoms with E-state index in [1.165, 1.54) is 5.56 Å². The zero-order chi connectivity index (χ0) is 16.9. The monoisotopic (exact) mass is 322 g/mol. The lowest BCUT2D eigenvalue weighted by atomic mass is 10.0. The molecule has 1 aliphatic rings. The minimum Gasteiger partial charge on any atom is -0.488 e. The first kappa shape index (κ1) is 16.3. The van der Waals surface area contributed by atoms with Crippen LogP contribution in [-0.2, 0) is 4.79 Å². The van der Waals surface area contributed by atoms with Crippen molar-refractivity contribution in [3.63, 3.8) is 0 Å². The molecular formula is C20H22N2O2. The van der Waals surface area contributed by atoms with Gasteiger partial charge in [-0.3, -0.25) is 4.79 Å². The van der Waals surface area contributed by atoms with Crippen LogP contribution in [0.4, 0.5) is 0 Å². The molecule has 1 aliphatic heterocycles. The van der Waals surface area contributed by atoms with E-state index in [4.69, 9.17) is 4.74 Å². The number of likely N-dealkylation sites (N-methyl/N-ethyl adjacent to an activating group) is 1. The van der Waals surface area contributed by atoms with Crippen LogP contribution in [0.5, 0.6) is 5.75 Å². The first-order chi connectivity index (χ1) is 11.6. The summed E-state index contributed by atoms with van der Waals surface area (Å²) in [5.41, 5.74) is 2.78. The van der Waals surface area contributed by atoms with Gasteiger partial charge in [-0.2, -0.15) is 0 Å². The summed E-state index contributed by atoms with van der Waals surface area (Å²) in [6.07, 6.45) is 1.90. The molecule has 0 bridgehead atoms. The van der Waals surface area contributed by atoms with Crippen LogP contribution in [0.25, 0.3) is 6.08 Å². The molecule has 3 rings (SSSR count). The number of hydrogen-bond acceptors (Lipinski definition) is 3. The van der Waals surface area contributed by atoms with Crippen LogP contribution in [0.1, 0.15) is 17.2 Å². The second kappa shape index (κ2) is 7.32. The molecule has 2 aromatic carbocycles. The second-order valence-corrected chi connectivity index (χ2v) is 6.10. The number of benzene rings is 2. The highest BCUT2D eigenvalue weighted by Gasteiger charge is 2.19. The fraction of sp³-hybridized carbons (Fsp3) is 0.250. The van der Waals surface area contributed by atoms with Gasteiger partial charge in [-0.05, 0) is 31.8 Å². The van der Waals surface area contributed by atoms with E-state index in [-0.39, 0.29) is 11.9 Å². The Morgan fingerprint density at radius 3 is 2.58 bits per heavy atom. The highest BCUT2D eigenvalue weighted by Crippen LogP contribution is 2.25. The largest absolute Gasteiger partial charge is 0.488 e. The number of amides is 1. The molecule has 1 atom stereocenters. The van der Waals surface area contributed by atoms with Crippen molar-refractivity contribution in [1.82, 2.24) is 10.2 Å². The molecule has 1 amide bonds. The minimum absolute atomic E-state index is 0.0766. The summed E-state index contributed by atoms with van der Waals surface area (Å²) in [5.74, 6) is 0.747. The molecule has 124 valence electrons. The van der Waals surface area contributed by atoms with Crippen molar-refractivity contribution in [2.24, 2.45) is 0 Å². The molecular weight excluding hydrogens is 300 g/mol. The highest BCUT2D eigenvalue weighted by atomic mass is 16.5. The van der Waals surface area contributed by atoms with Crippen LogP contribution in [-0.4, -0.2) is 38.1 Å². The summed E-state index contributed by atoms with van der Waals surface area (Å²) in [7, 11) is 4.03. The van der Waals surface area contributed by atoms with Gasteiger partial charge in [0.2, 0.25) is 0 Å². The second-order valence-electron chi connectivity index (χ2n) is 6.10. The molecule has 24 heavy (non-hydrogen) atoms. The maximum Gasteiger partial charge on any atom is 0.250 e. The third kappa shape index (κ3) is 3.66. The zero-order valence-corrected chi connectivity index (χ0v) is 14.0. The number of rotatable bonds is 5. The molecule has 0 aromatic heterocycles. The molecule has 0 aliphatic carbocycles. The van der Waals surface area contributed by atoms with Crippen LogP contribution in [0.15, 0.2) is 60.2 Å². The van der Waals surface area contributed by atoms with E-state index >= 15 is 0 Å². The Bertz CT molecular complexity index is 738. The van der Waals surface area contributed by atoms with Crippen molar-refractivity contribution < 1.29 is 9.53 Å². The van der Waals surface area contributed by atoms with E-state index in [0.717, 1.165) is 11.3 Å². The third-order valence-electron chi connectivity index (χ3n) is 4.19. The van der Waals surface area contributed by atoms with E-state index in [2.05, 4.69) is 22.3 Å². The fourth-order valence-electron chi connectivity index (χ4n) is 2.82. The molecule has 0 fully saturated rings. The number of carbonyl (C=O) groups is 1. The topological polar surface area (TPSA) is 41.6 Å². The molecule has 4 heteroatoms. The summed E-state index contributed by atoms with van der Waals surface area (Å²) in [6, 6.07) is 18.1. The van der Waals surface area contributed by atoms with Crippen LogP contribution in [0, 0.1) is 0 Å². The quantitative estimate of drug-likeness (QED) is 0.920. The first-order valence-electron chi connectivity index (χ1n) is 8.07. The number of hydrogen-bond donors (Lipinski definition) is 1. The van der Waals surface area contributed by atoms with Crippen LogP contribution in [0.2, 0.25) is 0 Å². The Kier molecular flexibility index (Phi) is 4.96. The van der Waals surface area contributed by atoms with E-state index in [0.29, 0.717) is 18.7 Å². The average molecular weight is 322 g/mol. The number of ether oxygens (including phenoxy) is 1. The lowest BCUT2D eigenvalue weighted by molar-refractivity contribution is -0.118. The number of nitrogens with zero attached hydrogens (tertiary/aromatic N) is 1. The average Bonchev–Trinajstić information content (AvgIpc) is 2.62. The number of para-hydroxylation sites is 1. The summed E-state index contributed by atoms with van der Waals surface area (Å²) in [4.78, 5) is 14.6. The molecule has 1 N–H and O–H groups in total. The van der Waals surface area contributed by atoms with E-state index in [9.17, 15) is 4.79 Å². The highest BCUT2D eigenvalue weighted by molar-refractivity contribution is 5.99. The molecule has 4 nitrogen and oxygen atoms in total. The first-order valence-corrected chi connectivity index (χ1v) is 8.07. The SMILES string of the molecule is CN(C)C(CNC(=O)C1=Cc2ccccc2OC1)c1ccccc1. The van der Waals surface area contributed by atoms with Gasteiger partial charge in [0.05, 0.1) is 11.6 Å². The summed E-state index contributed by atoms with van der Waals surface area (Å²) < 4.78 is 5.66. The number of nitrogens with one attached hydrogen (secondary N) is 1. The van der Waals surface area contributed by atoms with Crippen molar-refractivity contribution in [2.75, 3.05) is 27.2 Å². The molecule has 1 unspecified atom stereocenters.